The summed E-state index contributed by atoms with van der Waals surface area (Å²) in [5.41, 5.74) is 5.16. The van der Waals surface area contributed by atoms with E-state index in [0.29, 0.717) is 12.5 Å². The van der Waals surface area contributed by atoms with Crippen LogP contribution in [0.3, 0.4) is 0 Å². The molecule has 2 aromatic rings. The third kappa shape index (κ3) is 4.86. The second kappa shape index (κ2) is 8.54. The molecule has 1 amide bonds. The van der Waals surface area contributed by atoms with Crippen LogP contribution in [0, 0.1) is 5.92 Å². The minimum atomic E-state index is -0.0312. The molecule has 132 valence electrons. The third-order valence-corrected chi connectivity index (χ3v) is 6.12. The summed E-state index contributed by atoms with van der Waals surface area (Å²) in [7, 11) is 0. The zero-order chi connectivity index (χ0) is 17.6. The second-order valence-corrected chi connectivity index (χ2v) is 8.02. The molecule has 3 rings (SSSR count). The maximum Gasteiger partial charge on any atom is 0.233 e. The number of hydrogen-bond donors (Lipinski definition) is 2. The van der Waals surface area contributed by atoms with Gasteiger partial charge in [-0.1, -0.05) is 62.4 Å². The Kier molecular flexibility index (Phi) is 6.16. The van der Waals surface area contributed by atoms with Crippen molar-refractivity contribution in [1.29, 1.82) is 0 Å². The van der Waals surface area contributed by atoms with Crippen LogP contribution >= 0.6 is 11.8 Å². The molecule has 2 aromatic carbocycles. The van der Waals surface area contributed by atoms with E-state index in [0.717, 1.165) is 18.8 Å². The lowest BCUT2D eigenvalue weighted by Crippen LogP contribution is -2.35. The van der Waals surface area contributed by atoms with Crippen LogP contribution in [0.4, 0.5) is 0 Å². The molecule has 3 nitrogen and oxygen atoms in total. The first-order valence-corrected chi connectivity index (χ1v) is 9.93. The van der Waals surface area contributed by atoms with Gasteiger partial charge in [0.1, 0.15) is 0 Å². The summed E-state index contributed by atoms with van der Waals surface area (Å²) in [5.74, 6) is 1.30. The van der Waals surface area contributed by atoms with Crippen LogP contribution in [-0.4, -0.2) is 11.2 Å². The van der Waals surface area contributed by atoms with Crippen LogP contribution in [0.5, 0.6) is 0 Å². The largest absolute Gasteiger partial charge is 0.351 e. The number of carbonyl (C=O) groups excluding carboxylic acids is 1. The van der Waals surface area contributed by atoms with Gasteiger partial charge in [-0.3, -0.25) is 4.79 Å². The van der Waals surface area contributed by atoms with Crippen molar-refractivity contribution in [3.63, 3.8) is 0 Å². The van der Waals surface area contributed by atoms with Gasteiger partial charge in [0.05, 0.1) is 5.25 Å². The third-order valence-electron chi connectivity index (χ3n) is 4.50. The summed E-state index contributed by atoms with van der Waals surface area (Å²) >= 11 is 1.72. The molecule has 1 unspecified atom stereocenters. The number of rotatable bonds is 7. The van der Waals surface area contributed by atoms with Crippen molar-refractivity contribution in [2.24, 2.45) is 5.92 Å². The van der Waals surface area contributed by atoms with Gasteiger partial charge in [0, 0.05) is 25.4 Å². The molecule has 0 radical (unpaired) electrons. The minimum Gasteiger partial charge on any atom is -0.351 e. The van der Waals surface area contributed by atoms with E-state index in [1.807, 2.05) is 18.2 Å². The molecule has 0 fully saturated rings. The minimum absolute atomic E-state index is 0.0312. The standard InChI is InChI=1S/C21H26N2OS/c1-15(2)20(25-14-16-6-4-3-5-7-16)21(24)23-11-17-8-9-18-12-22-13-19(18)10-17/h3-10,15,20,22H,11-14H2,1-2H3,(H,23,24). The number of nitrogens with one attached hydrogen (secondary N) is 2. The van der Waals surface area contributed by atoms with E-state index < -0.39 is 0 Å². The summed E-state index contributed by atoms with van der Waals surface area (Å²) in [6.45, 7) is 6.71. The van der Waals surface area contributed by atoms with Crippen LogP contribution in [0.15, 0.2) is 48.5 Å². The Labute approximate surface area is 154 Å². The molecule has 1 aliphatic heterocycles. The fraction of sp³-hybridized carbons (Fsp3) is 0.381. The molecule has 1 heterocycles. The Balaban J connectivity index is 1.55. The fourth-order valence-corrected chi connectivity index (χ4v) is 4.26. The highest BCUT2D eigenvalue weighted by Crippen LogP contribution is 2.24. The smallest absolute Gasteiger partial charge is 0.233 e. The van der Waals surface area contributed by atoms with Crippen LogP contribution in [0.2, 0.25) is 0 Å². The summed E-state index contributed by atoms with van der Waals surface area (Å²) in [6, 6.07) is 16.8. The normalized spacial score (nSPS) is 14.4. The molecule has 0 aliphatic carbocycles. The summed E-state index contributed by atoms with van der Waals surface area (Å²) in [5, 5.41) is 6.45. The lowest BCUT2D eigenvalue weighted by Gasteiger charge is -2.20. The first-order chi connectivity index (χ1) is 12.1. The number of hydrogen-bond acceptors (Lipinski definition) is 3. The van der Waals surface area contributed by atoms with Gasteiger partial charge in [-0.25, -0.2) is 0 Å². The van der Waals surface area contributed by atoms with Crippen LogP contribution in [-0.2, 0) is 30.2 Å². The molecule has 0 saturated heterocycles. The van der Waals surface area contributed by atoms with E-state index in [9.17, 15) is 4.79 Å². The highest BCUT2D eigenvalue weighted by molar-refractivity contribution is 7.99. The van der Waals surface area contributed by atoms with Crippen molar-refractivity contribution in [3.05, 3.63) is 70.8 Å². The van der Waals surface area contributed by atoms with Crippen LogP contribution in [0.25, 0.3) is 0 Å². The predicted molar refractivity (Wildman–Crippen MR) is 105 cm³/mol. The van der Waals surface area contributed by atoms with E-state index in [-0.39, 0.29) is 11.2 Å². The molecule has 1 atom stereocenters. The fourth-order valence-electron chi connectivity index (χ4n) is 3.08. The summed E-state index contributed by atoms with van der Waals surface area (Å²) in [4.78, 5) is 12.7. The average molecular weight is 355 g/mol. The maximum atomic E-state index is 12.7. The molecular weight excluding hydrogens is 328 g/mol. The highest BCUT2D eigenvalue weighted by atomic mass is 32.2. The van der Waals surface area contributed by atoms with Crippen molar-refractivity contribution >= 4 is 17.7 Å². The van der Waals surface area contributed by atoms with Crippen molar-refractivity contribution in [1.82, 2.24) is 10.6 Å². The highest BCUT2D eigenvalue weighted by Gasteiger charge is 2.22. The number of amides is 1. The van der Waals surface area contributed by atoms with E-state index in [1.54, 1.807) is 11.8 Å². The van der Waals surface area contributed by atoms with Crippen molar-refractivity contribution in [2.75, 3.05) is 0 Å². The molecule has 0 aromatic heterocycles. The lowest BCUT2D eigenvalue weighted by atomic mass is 10.1. The molecule has 0 saturated carbocycles. The number of benzene rings is 2. The van der Waals surface area contributed by atoms with Gasteiger partial charge in [0.15, 0.2) is 0 Å². The second-order valence-electron chi connectivity index (χ2n) is 6.89. The van der Waals surface area contributed by atoms with E-state index >= 15 is 0 Å². The van der Waals surface area contributed by atoms with Gasteiger partial charge >= 0.3 is 0 Å². The quantitative estimate of drug-likeness (QED) is 0.793. The zero-order valence-corrected chi connectivity index (χ0v) is 15.7. The first-order valence-electron chi connectivity index (χ1n) is 8.88. The monoisotopic (exact) mass is 354 g/mol. The van der Waals surface area contributed by atoms with E-state index in [4.69, 9.17) is 0 Å². The predicted octanol–water partition coefficient (Wildman–Crippen LogP) is 3.86. The summed E-state index contributed by atoms with van der Waals surface area (Å²) in [6.07, 6.45) is 0. The maximum absolute atomic E-state index is 12.7. The summed E-state index contributed by atoms with van der Waals surface area (Å²) < 4.78 is 0. The van der Waals surface area contributed by atoms with Gasteiger partial charge in [-0.2, -0.15) is 0 Å². The Bertz CT molecular complexity index is 715. The number of thioether (sulfide) groups is 1. The SMILES string of the molecule is CC(C)C(SCc1ccccc1)C(=O)NCc1ccc2c(c1)CNC2. The first kappa shape index (κ1) is 18.0. The van der Waals surface area contributed by atoms with Gasteiger partial charge in [-0.15, -0.1) is 11.8 Å². The molecule has 25 heavy (non-hydrogen) atoms. The van der Waals surface area contributed by atoms with E-state index in [2.05, 4.69) is 54.8 Å². The van der Waals surface area contributed by atoms with Crippen LogP contribution < -0.4 is 10.6 Å². The zero-order valence-electron chi connectivity index (χ0n) is 14.9. The Morgan fingerprint density at radius 1 is 1.08 bits per heavy atom. The van der Waals surface area contributed by atoms with E-state index in [1.165, 1.54) is 22.3 Å². The van der Waals surface area contributed by atoms with Gasteiger partial charge < -0.3 is 10.6 Å². The van der Waals surface area contributed by atoms with Crippen molar-refractivity contribution < 1.29 is 4.79 Å². The topological polar surface area (TPSA) is 41.1 Å². The molecular formula is C21H26N2OS. The van der Waals surface area contributed by atoms with Crippen molar-refractivity contribution in [2.45, 2.75) is 44.5 Å². The number of carbonyl (C=O) groups is 1. The van der Waals surface area contributed by atoms with Crippen molar-refractivity contribution in [3.8, 4) is 0 Å². The molecule has 1 aliphatic rings. The Morgan fingerprint density at radius 2 is 1.84 bits per heavy atom. The molecule has 2 N–H and O–H groups in total. The van der Waals surface area contributed by atoms with Gasteiger partial charge in [0.2, 0.25) is 5.91 Å². The van der Waals surface area contributed by atoms with Gasteiger partial charge in [0.25, 0.3) is 0 Å². The number of fused-ring (bicyclic) bond motifs is 1. The Hall–Kier alpha value is -1.78. The lowest BCUT2D eigenvalue weighted by molar-refractivity contribution is -0.121. The molecule has 0 bridgehead atoms. The van der Waals surface area contributed by atoms with Crippen LogP contribution in [0.1, 0.15) is 36.1 Å². The average Bonchev–Trinajstić information content (AvgIpc) is 3.08. The molecule has 4 heteroatoms. The molecule has 0 spiro atoms. The van der Waals surface area contributed by atoms with Gasteiger partial charge in [-0.05, 0) is 28.2 Å². The Morgan fingerprint density at radius 3 is 2.60 bits per heavy atom.